The molecule has 1 aromatic carbocycles. The van der Waals surface area contributed by atoms with E-state index >= 15 is 0 Å². The van der Waals surface area contributed by atoms with Gasteiger partial charge in [0.2, 0.25) is 0 Å². The van der Waals surface area contributed by atoms with Crippen molar-refractivity contribution in [2.45, 2.75) is 6.42 Å². The molecule has 1 fully saturated rings. The van der Waals surface area contributed by atoms with E-state index in [0.717, 1.165) is 10.8 Å². The Labute approximate surface area is 111 Å². The molecule has 1 unspecified atom stereocenters. The number of nitrogens with zero attached hydrogens (tertiary/aromatic N) is 1. The van der Waals surface area contributed by atoms with Gasteiger partial charge in [0.05, 0.1) is 11.5 Å². The lowest BCUT2D eigenvalue weighted by Gasteiger charge is -2.09. The number of pyridine rings is 1. The highest BCUT2D eigenvalue weighted by Crippen LogP contribution is 2.26. The second-order valence-electron chi connectivity index (χ2n) is 4.87. The molecule has 1 aromatic heterocycles. The Morgan fingerprint density at radius 2 is 2.00 bits per heavy atom. The lowest BCUT2D eigenvalue weighted by molar-refractivity contribution is 0.0934. The van der Waals surface area contributed by atoms with Gasteiger partial charge in [0.1, 0.15) is 0 Å². The molecular formula is C14H13NO3S. The van der Waals surface area contributed by atoms with Crippen molar-refractivity contribution in [1.29, 1.82) is 0 Å². The van der Waals surface area contributed by atoms with Crippen LogP contribution in [0.25, 0.3) is 10.8 Å². The third-order valence-corrected chi connectivity index (χ3v) is 5.30. The van der Waals surface area contributed by atoms with Crippen molar-refractivity contribution in [3.8, 4) is 0 Å². The molecule has 0 radical (unpaired) electrons. The summed E-state index contributed by atoms with van der Waals surface area (Å²) in [5.41, 5.74) is 0.528. The minimum atomic E-state index is -3.04. The maximum Gasteiger partial charge on any atom is 0.169 e. The van der Waals surface area contributed by atoms with Gasteiger partial charge in [-0.2, -0.15) is 0 Å². The van der Waals surface area contributed by atoms with Crippen LogP contribution in [0.3, 0.4) is 0 Å². The molecule has 2 heterocycles. The highest BCUT2D eigenvalue weighted by Gasteiger charge is 2.33. The zero-order valence-electron chi connectivity index (χ0n) is 10.2. The number of hydrogen-bond donors (Lipinski definition) is 0. The Morgan fingerprint density at radius 1 is 1.21 bits per heavy atom. The second-order valence-corrected chi connectivity index (χ2v) is 7.10. The maximum absolute atomic E-state index is 12.4. The summed E-state index contributed by atoms with van der Waals surface area (Å²) in [6.45, 7) is 0. The average Bonchev–Trinajstić information content (AvgIpc) is 2.78. The molecule has 2 aromatic rings. The van der Waals surface area contributed by atoms with Crippen molar-refractivity contribution in [2.24, 2.45) is 5.92 Å². The smallest absolute Gasteiger partial charge is 0.169 e. The molecule has 0 bridgehead atoms. The maximum atomic E-state index is 12.4. The van der Waals surface area contributed by atoms with E-state index in [-0.39, 0.29) is 17.3 Å². The van der Waals surface area contributed by atoms with Gasteiger partial charge in [-0.15, -0.1) is 0 Å². The summed E-state index contributed by atoms with van der Waals surface area (Å²) in [7, 11) is -3.04. The molecule has 0 aliphatic carbocycles. The van der Waals surface area contributed by atoms with Crippen LogP contribution >= 0.6 is 0 Å². The minimum absolute atomic E-state index is 0.0327. The predicted molar refractivity (Wildman–Crippen MR) is 72.8 cm³/mol. The van der Waals surface area contributed by atoms with E-state index < -0.39 is 15.8 Å². The third kappa shape index (κ3) is 2.26. The van der Waals surface area contributed by atoms with Crippen molar-refractivity contribution in [3.05, 3.63) is 42.2 Å². The first-order chi connectivity index (χ1) is 9.07. The molecule has 1 aliphatic rings. The lowest BCUT2D eigenvalue weighted by atomic mass is 9.95. The highest BCUT2D eigenvalue weighted by atomic mass is 32.2. The first kappa shape index (κ1) is 12.3. The van der Waals surface area contributed by atoms with Crippen molar-refractivity contribution in [3.63, 3.8) is 0 Å². The van der Waals surface area contributed by atoms with Gasteiger partial charge >= 0.3 is 0 Å². The Kier molecular flexibility index (Phi) is 2.86. The van der Waals surface area contributed by atoms with Crippen LogP contribution in [0, 0.1) is 5.92 Å². The Morgan fingerprint density at radius 3 is 2.74 bits per heavy atom. The molecule has 0 saturated carbocycles. The van der Waals surface area contributed by atoms with Gasteiger partial charge in [-0.1, -0.05) is 24.3 Å². The van der Waals surface area contributed by atoms with E-state index in [1.54, 1.807) is 6.20 Å². The van der Waals surface area contributed by atoms with Gasteiger partial charge in [-0.25, -0.2) is 8.42 Å². The zero-order valence-corrected chi connectivity index (χ0v) is 11.1. The molecule has 19 heavy (non-hydrogen) atoms. The summed E-state index contributed by atoms with van der Waals surface area (Å²) in [5.74, 6) is -0.445. The molecule has 98 valence electrons. The average molecular weight is 275 g/mol. The number of hydrogen-bond acceptors (Lipinski definition) is 4. The van der Waals surface area contributed by atoms with Crippen LogP contribution in [0.4, 0.5) is 0 Å². The van der Waals surface area contributed by atoms with Crippen LogP contribution in [0.1, 0.15) is 16.8 Å². The molecule has 0 spiro atoms. The van der Waals surface area contributed by atoms with Crippen molar-refractivity contribution in [1.82, 2.24) is 4.98 Å². The van der Waals surface area contributed by atoms with Gasteiger partial charge in [0.15, 0.2) is 15.6 Å². The second kappa shape index (κ2) is 4.42. The fourth-order valence-electron chi connectivity index (χ4n) is 2.53. The van der Waals surface area contributed by atoms with Crippen LogP contribution in [-0.2, 0) is 9.84 Å². The summed E-state index contributed by atoms with van der Waals surface area (Å²) in [4.78, 5) is 16.5. The van der Waals surface area contributed by atoms with Gasteiger partial charge in [-0.3, -0.25) is 9.78 Å². The predicted octanol–water partition coefficient (Wildman–Crippen LogP) is 1.85. The van der Waals surface area contributed by atoms with Crippen LogP contribution in [-0.4, -0.2) is 30.7 Å². The van der Waals surface area contributed by atoms with Gasteiger partial charge < -0.3 is 0 Å². The largest absolute Gasteiger partial charge is 0.294 e. The van der Waals surface area contributed by atoms with Crippen molar-refractivity contribution in [2.75, 3.05) is 11.5 Å². The molecule has 5 heteroatoms. The Bertz CT molecular complexity index is 747. The molecule has 0 amide bonds. The Hall–Kier alpha value is -1.75. The van der Waals surface area contributed by atoms with Crippen LogP contribution in [0.15, 0.2) is 36.7 Å². The number of Topliss-reactive ketones (excluding diaryl/α,β-unsaturated/α-hetero) is 1. The third-order valence-electron chi connectivity index (χ3n) is 3.54. The lowest BCUT2D eigenvalue weighted by Crippen LogP contribution is -2.16. The monoisotopic (exact) mass is 275 g/mol. The summed E-state index contributed by atoms with van der Waals surface area (Å²) in [5, 5.41) is 1.74. The zero-order chi connectivity index (χ0) is 13.5. The quantitative estimate of drug-likeness (QED) is 0.785. The topological polar surface area (TPSA) is 64.1 Å². The number of benzene rings is 1. The van der Waals surface area contributed by atoms with E-state index in [2.05, 4.69) is 4.98 Å². The molecule has 1 aliphatic heterocycles. The minimum Gasteiger partial charge on any atom is -0.294 e. The van der Waals surface area contributed by atoms with E-state index in [1.807, 2.05) is 24.3 Å². The normalized spacial score (nSPS) is 21.6. The molecule has 1 atom stereocenters. The molecule has 1 saturated heterocycles. The number of ketones is 1. The van der Waals surface area contributed by atoms with Gasteiger partial charge in [0, 0.05) is 29.3 Å². The molecule has 0 N–H and O–H groups in total. The molecular weight excluding hydrogens is 262 g/mol. The fraction of sp³-hybridized carbons (Fsp3) is 0.286. The van der Waals surface area contributed by atoms with Crippen LogP contribution in [0.5, 0.6) is 0 Å². The number of sulfone groups is 1. The fourth-order valence-corrected chi connectivity index (χ4v) is 4.28. The van der Waals surface area contributed by atoms with Gasteiger partial charge in [-0.05, 0) is 11.8 Å². The Balaban J connectivity index is 2.03. The SMILES string of the molecule is O=C(c1cncc2ccccc12)C1CCS(=O)(=O)C1. The van der Waals surface area contributed by atoms with Gasteiger partial charge in [0.25, 0.3) is 0 Å². The summed E-state index contributed by atoms with van der Waals surface area (Å²) < 4.78 is 22.9. The van der Waals surface area contributed by atoms with Crippen LogP contribution < -0.4 is 0 Å². The number of rotatable bonds is 2. The number of fused-ring (bicyclic) bond motifs is 1. The summed E-state index contributed by atoms with van der Waals surface area (Å²) >= 11 is 0. The van der Waals surface area contributed by atoms with E-state index in [1.165, 1.54) is 6.20 Å². The molecule has 3 rings (SSSR count). The summed E-state index contributed by atoms with van der Waals surface area (Å²) in [6.07, 6.45) is 3.66. The number of aromatic nitrogens is 1. The van der Waals surface area contributed by atoms with Crippen LogP contribution in [0.2, 0.25) is 0 Å². The molecule has 4 nitrogen and oxygen atoms in total. The van der Waals surface area contributed by atoms with Crippen molar-refractivity contribution >= 4 is 26.4 Å². The van der Waals surface area contributed by atoms with E-state index in [4.69, 9.17) is 0 Å². The first-order valence-electron chi connectivity index (χ1n) is 6.14. The standard InChI is InChI=1S/C14H13NO3S/c16-14(11-5-6-19(17,18)9-11)13-8-15-7-10-3-1-2-4-12(10)13/h1-4,7-8,11H,5-6,9H2. The van der Waals surface area contributed by atoms with E-state index in [9.17, 15) is 13.2 Å². The summed E-state index contributed by atoms with van der Waals surface area (Å²) in [6, 6.07) is 7.51. The number of carbonyl (C=O) groups is 1. The van der Waals surface area contributed by atoms with Crippen molar-refractivity contribution < 1.29 is 13.2 Å². The first-order valence-corrected chi connectivity index (χ1v) is 7.96. The van der Waals surface area contributed by atoms with E-state index in [0.29, 0.717) is 12.0 Å². The number of carbonyl (C=O) groups excluding carboxylic acids is 1. The highest BCUT2D eigenvalue weighted by molar-refractivity contribution is 7.91.